The van der Waals surface area contributed by atoms with Crippen molar-refractivity contribution in [3.63, 3.8) is 0 Å². The molecule has 1 fully saturated rings. The molecule has 0 aliphatic carbocycles. The standard InChI is InChI=1S/C22H38N4O.HI/c1-23-22(25-14-8-18-27-2)24-13-6-7-15-26-16-11-21(12-17-26)19-20-9-4-3-5-10-20;/h3-5,9-10,21H,6-8,11-19H2,1-2H3,(H2,23,24,25);1H. The Bertz CT molecular complexity index is 519. The summed E-state index contributed by atoms with van der Waals surface area (Å²) in [6, 6.07) is 10.9. The quantitative estimate of drug-likeness (QED) is 0.210. The Kier molecular flexibility index (Phi) is 14.4. The number of unbranched alkanes of at least 4 members (excludes halogenated alkanes) is 1. The summed E-state index contributed by atoms with van der Waals surface area (Å²) in [6.07, 6.45) is 7.35. The molecule has 1 aliphatic rings. The summed E-state index contributed by atoms with van der Waals surface area (Å²) in [5, 5.41) is 6.72. The van der Waals surface area contributed by atoms with Crippen LogP contribution in [0.2, 0.25) is 0 Å². The summed E-state index contributed by atoms with van der Waals surface area (Å²) in [4.78, 5) is 6.90. The third kappa shape index (κ3) is 10.6. The largest absolute Gasteiger partial charge is 0.385 e. The first-order chi connectivity index (χ1) is 13.3. The van der Waals surface area contributed by atoms with Gasteiger partial charge in [-0.1, -0.05) is 30.3 Å². The number of rotatable bonds is 11. The number of likely N-dealkylation sites (tertiary alicyclic amines) is 1. The van der Waals surface area contributed by atoms with Gasteiger partial charge in [-0.25, -0.2) is 0 Å². The van der Waals surface area contributed by atoms with Gasteiger partial charge >= 0.3 is 0 Å². The molecular weight excluding hydrogens is 463 g/mol. The Balaban J connectivity index is 0.00000392. The summed E-state index contributed by atoms with van der Waals surface area (Å²) in [7, 11) is 3.56. The van der Waals surface area contributed by atoms with E-state index in [-0.39, 0.29) is 24.0 Å². The highest BCUT2D eigenvalue weighted by molar-refractivity contribution is 14.0. The first-order valence-electron chi connectivity index (χ1n) is 10.5. The van der Waals surface area contributed by atoms with Gasteiger partial charge < -0.3 is 20.3 Å². The Morgan fingerprint density at radius 3 is 2.39 bits per heavy atom. The molecule has 1 aliphatic heterocycles. The smallest absolute Gasteiger partial charge is 0.190 e. The molecule has 2 rings (SSSR count). The molecule has 0 bridgehead atoms. The van der Waals surface area contributed by atoms with Gasteiger partial charge in [0.15, 0.2) is 5.96 Å². The number of aliphatic imine (C=N–C) groups is 1. The Morgan fingerprint density at radius 2 is 1.75 bits per heavy atom. The number of guanidine groups is 1. The first kappa shape index (κ1) is 25.2. The van der Waals surface area contributed by atoms with Crippen LogP contribution < -0.4 is 10.6 Å². The maximum atomic E-state index is 5.06. The van der Waals surface area contributed by atoms with E-state index in [1.807, 2.05) is 7.05 Å². The number of piperidine rings is 1. The summed E-state index contributed by atoms with van der Waals surface area (Å²) >= 11 is 0. The van der Waals surface area contributed by atoms with Crippen molar-refractivity contribution in [2.75, 3.05) is 53.5 Å². The zero-order chi connectivity index (χ0) is 19.2. The van der Waals surface area contributed by atoms with Crippen LogP contribution in [0.3, 0.4) is 0 Å². The Morgan fingerprint density at radius 1 is 1.07 bits per heavy atom. The van der Waals surface area contributed by atoms with Crippen molar-refractivity contribution in [2.24, 2.45) is 10.9 Å². The molecule has 0 amide bonds. The zero-order valence-electron chi connectivity index (χ0n) is 17.7. The second-order valence-electron chi connectivity index (χ2n) is 7.45. The molecule has 5 nitrogen and oxygen atoms in total. The molecule has 1 heterocycles. The van der Waals surface area contributed by atoms with Crippen molar-refractivity contribution in [3.05, 3.63) is 35.9 Å². The van der Waals surface area contributed by atoms with Crippen molar-refractivity contribution >= 4 is 29.9 Å². The van der Waals surface area contributed by atoms with E-state index in [1.165, 1.54) is 57.3 Å². The predicted molar refractivity (Wildman–Crippen MR) is 130 cm³/mol. The van der Waals surface area contributed by atoms with E-state index in [4.69, 9.17) is 4.74 Å². The summed E-state index contributed by atoms with van der Waals surface area (Å²) in [5.74, 6) is 1.76. The van der Waals surface area contributed by atoms with E-state index in [1.54, 1.807) is 7.11 Å². The topological polar surface area (TPSA) is 48.9 Å². The SMILES string of the molecule is CN=C(NCCCCN1CCC(Cc2ccccc2)CC1)NCCCOC.I. The van der Waals surface area contributed by atoms with Crippen molar-refractivity contribution in [1.29, 1.82) is 0 Å². The number of nitrogens with one attached hydrogen (secondary N) is 2. The van der Waals surface area contributed by atoms with Crippen LogP contribution in [0.25, 0.3) is 0 Å². The third-order valence-corrected chi connectivity index (χ3v) is 5.31. The van der Waals surface area contributed by atoms with Gasteiger partial charge in [-0.3, -0.25) is 4.99 Å². The molecule has 0 atom stereocenters. The molecule has 1 aromatic carbocycles. The van der Waals surface area contributed by atoms with Crippen LogP contribution in [0.1, 0.15) is 37.7 Å². The highest BCUT2D eigenvalue weighted by atomic mass is 127. The molecule has 160 valence electrons. The highest BCUT2D eigenvalue weighted by Crippen LogP contribution is 2.21. The van der Waals surface area contributed by atoms with Crippen molar-refractivity contribution in [3.8, 4) is 0 Å². The van der Waals surface area contributed by atoms with Gasteiger partial charge in [0.2, 0.25) is 0 Å². The number of halogens is 1. The fourth-order valence-electron chi connectivity index (χ4n) is 3.67. The number of nitrogens with zero attached hydrogens (tertiary/aromatic N) is 2. The lowest BCUT2D eigenvalue weighted by molar-refractivity contribution is 0.181. The number of ether oxygens (including phenoxy) is 1. The van der Waals surface area contributed by atoms with E-state index in [2.05, 4.69) is 50.9 Å². The van der Waals surface area contributed by atoms with Gasteiger partial charge in [-0.2, -0.15) is 0 Å². The molecule has 0 radical (unpaired) electrons. The van der Waals surface area contributed by atoms with E-state index in [0.717, 1.165) is 38.0 Å². The average Bonchev–Trinajstić information content (AvgIpc) is 2.71. The summed E-state index contributed by atoms with van der Waals surface area (Å²) < 4.78 is 5.06. The Hall–Kier alpha value is -0.860. The maximum Gasteiger partial charge on any atom is 0.190 e. The lowest BCUT2D eigenvalue weighted by Gasteiger charge is -2.32. The minimum Gasteiger partial charge on any atom is -0.385 e. The molecule has 2 N–H and O–H groups in total. The fourth-order valence-corrected chi connectivity index (χ4v) is 3.67. The van der Waals surface area contributed by atoms with E-state index >= 15 is 0 Å². The minimum atomic E-state index is 0. The van der Waals surface area contributed by atoms with Crippen molar-refractivity contribution < 1.29 is 4.74 Å². The van der Waals surface area contributed by atoms with Gasteiger partial charge in [0, 0.05) is 33.9 Å². The monoisotopic (exact) mass is 502 g/mol. The first-order valence-corrected chi connectivity index (χ1v) is 10.5. The van der Waals surface area contributed by atoms with Crippen LogP contribution in [0.15, 0.2) is 35.3 Å². The second-order valence-corrected chi connectivity index (χ2v) is 7.45. The third-order valence-electron chi connectivity index (χ3n) is 5.31. The summed E-state index contributed by atoms with van der Waals surface area (Å²) in [6.45, 7) is 6.40. The lowest BCUT2D eigenvalue weighted by Crippen LogP contribution is -2.39. The highest BCUT2D eigenvalue weighted by Gasteiger charge is 2.18. The van der Waals surface area contributed by atoms with Gasteiger partial charge in [0.05, 0.1) is 0 Å². The normalized spacial score (nSPS) is 15.9. The molecule has 28 heavy (non-hydrogen) atoms. The molecule has 1 aromatic rings. The van der Waals surface area contributed by atoms with E-state index < -0.39 is 0 Å². The maximum absolute atomic E-state index is 5.06. The Labute approximate surface area is 188 Å². The number of hydrogen-bond acceptors (Lipinski definition) is 3. The number of methoxy groups -OCH3 is 1. The molecule has 0 spiro atoms. The fraction of sp³-hybridized carbons (Fsp3) is 0.682. The van der Waals surface area contributed by atoms with E-state index in [9.17, 15) is 0 Å². The second kappa shape index (κ2) is 16.0. The number of benzene rings is 1. The van der Waals surface area contributed by atoms with Crippen LogP contribution in [0.4, 0.5) is 0 Å². The number of hydrogen-bond donors (Lipinski definition) is 2. The van der Waals surface area contributed by atoms with Gasteiger partial charge in [0.1, 0.15) is 0 Å². The molecule has 0 aromatic heterocycles. The van der Waals surface area contributed by atoms with Crippen LogP contribution >= 0.6 is 24.0 Å². The van der Waals surface area contributed by atoms with Crippen LogP contribution in [-0.2, 0) is 11.2 Å². The van der Waals surface area contributed by atoms with E-state index in [0.29, 0.717) is 0 Å². The average molecular weight is 502 g/mol. The minimum absolute atomic E-state index is 0. The summed E-state index contributed by atoms with van der Waals surface area (Å²) in [5.41, 5.74) is 1.49. The van der Waals surface area contributed by atoms with Gasteiger partial charge in [0.25, 0.3) is 0 Å². The van der Waals surface area contributed by atoms with Crippen LogP contribution in [0.5, 0.6) is 0 Å². The van der Waals surface area contributed by atoms with Crippen LogP contribution in [0, 0.1) is 5.92 Å². The zero-order valence-corrected chi connectivity index (χ0v) is 20.0. The lowest BCUT2D eigenvalue weighted by atomic mass is 9.90. The van der Waals surface area contributed by atoms with Crippen molar-refractivity contribution in [1.82, 2.24) is 15.5 Å². The van der Waals surface area contributed by atoms with Gasteiger partial charge in [-0.15, -0.1) is 24.0 Å². The molecule has 0 saturated carbocycles. The van der Waals surface area contributed by atoms with Gasteiger partial charge in [-0.05, 0) is 69.6 Å². The predicted octanol–water partition coefficient (Wildman–Crippen LogP) is 3.54. The van der Waals surface area contributed by atoms with Crippen LogP contribution in [-0.4, -0.2) is 64.3 Å². The molecule has 6 heteroatoms. The molecule has 0 unspecified atom stereocenters. The molecule has 1 saturated heterocycles. The van der Waals surface area contributed by atoms with Crippen molar-refractivity contribution in [2.45, 2.75) is 38.5 Å². The molecular formula is C22H39IN4O.